The van der Waals surface area contributed by atoms with Crippen molar-refractivity contribution in [1.29, 1.82) is 0 Å². The Labute approximate surface area is 202 Å². The molecule has 35 heavy (non-hydrogen) atoms. The molecule has 1 aromatic carbocycles. The molecule has 0 aliphatic carbocycles. The van der Waals surface area contributed by atoms with Crippen molar-refractivity contribution in [3.05, 3.63) is 46.8 Å². The number of hydrogen-bond donors (Lipinski definition) is 1. The highest BCUT2D eigenvalue weighted by molar-refractivity contribution is 5.85. The molecule has 3 rings (SSSR count). The van der Waals surface area contributed by atoms with Gasteiger partial charge in [0.25, 0.3) is 0 Å². The Balaban J connectivity index is 0.00000432. The number of nitrogens with two attached hydrogens (primary N) is 1. The Morgan fingerprint density at radius 2 is 1.74 bits per heavy atom. The highest BCUT2D eigenvalue weighted by Crippen LogP contribution is 2.34. The molecule has 2 heterocycles. The minimum Gasteiger partial charge on any atom is -0.349 e. The summed E-state index contributed by atoms with van der Waals surface area (Å²) in [5, 5.41) is 6.80. The second-order valence-electron chi connectivity index (χ2n) is 8.15. The molecule has 0 saturated carbocycles. The molecule has 15 heteroatoms. The van der Waals surface area contributed by atoms with Crippen molar-refractivity contribution in [2.45, 2.75) is 44.1 Å². The van der Waals surface area contributed by atoms with Crippen LogP contribution in [0, 0.1) is 17.5 Å². The first kappa shape index (κ1) is 28.4. The smallest absolute Gasteiger partial charge is 0.349 e. The van der Waals surface area contributed by atoms with Crippen molar-refractivity contribution in [3.8, 4) is 0 Å². The Morgan fingerprint density at radius 1 is 1.11 bits per heavy atom. The van der Waals surface area contributed by atoms with Gasteiger partial charge < -0.3 is 20.1 Å². The molecule has 1 aliphatic heterocycles. The summed E-state index contributed by atoms with van der Waals surface area (Å²) in [6, 6.07) is -1.12. The van der Waals surface area contributed by atoms with Gasteiger partial charge in [-0.2, -0.15) is 13.2 Å². The van der Waals surface area contributed by atoms with E-state index >= 15 is 0 Å². The maximum Gasteiger partial charge on any atom is 0.451 e. The summed E-state index contributed by atoms with van der Waals surface area (Å²) in [4.78, 5) is 27.7. The van der Waals surface area contributed by atoms with Crippen molar-refractivity contribution in [3.63, 3.8) is 0 Å². The maximum atomic E-state index is 13.9. The summed E-state index contributed by atoms with van der Waals surface area (Å²) in [7, 11) is 2.91. The molecule has 0 saturated heterocycles. The minimum atomic E-state index is -4.77. The van der Waals surface area contributed by atoms with Crippen LogP contribution in [0.5, 0.6) is 0 Å². The lowest BCUT2D eigenvalue weighted by molar-refractivity contribution is -0.148. The largest absolute Gasteiger partial charge is 0.451 e. The van der Waals surface area contributed by atoms with E-state index in [-0.39, 0.29) is 56.1 Å². The number of hydrogen-bond acceptors (Lipinski definition) is 5. The van der Waals surface area contributed by atoms with Crippen LogP contribution in [0.3, 0.4) is 0 Å². The monoisotopic (exact) mass is 528 g/mol. The van der Waals surface area contributed by atoms with Gasteiger partial charge in [-0.3, -0.25) is 9.59 Å². The van der Waals surface area contributed by atoms with E-state index in [1.165, 1.54) is 23.9 Å². The van der Waals surface area contributed by atoms with Gasteiger partial charge in [0.05, 0.1) is 6.42 Å². The number of halogens is 7. The first-order valence-electron chi connectivity index (χ1n) is 10.2. The van der Waals surface area contributed by atoms with E-state index < -0.39 is 53.4 Å². The van der Waals surface area contributed by atoms with Crippen LogP contribution in [0.15, 0.2) is 12.1 Å². The molecule has 0 spiro atoms. The molecule has 8 nitrogen and oxygen atoms in total. The van der Waals surface area contributed by atoms with Gasteiger partial charge >= 0.3 is 6.18 Å². The average Bonchev–Trinajstić information content (AvgIpc) is 3.17. The van der Waals surface area contributed by atoms with Gasteiger partial charge in [-0.15, -0.1) is 22.6 Å². The Bertz CT molecular complexity index is 1090. The predicted molar refractivity (Wildman–Crippen MR) is 113 cm³/mol. The fraction of sp³-hybridized carbons (Fsp3) is 0.500. The summed E-state index contributed by atoms with van der Waals surface area (Å²) in [5.74, 6) is -6.16. The van der Waals surface area contributed by atoms with Gasteiger partial charge in [0.15, 0.2) is 17.5 Å². The molecule has 0 fully saturated rings. The first-order chi connectivity index (χ1) is 15.8. The molecule has 1 aliphatic rings. The predicted octanol–water partition coefficient (Wildman–Crippen LogP) is 2.46. The van der Waals surface area contributed by atoms with E-state index in [4.69, 9.17) is 5.73 Å². The number of carbonyl (C=O) groups is 2. The van der Waals surface area contributed by atoms with Gasteiger partial charge in [0.1, 0.15) is 11.9 Å². The fourth-order valence-electron chi connectivity index (χ4n) is 3.76. The van der Waals surface area contributed by atoms with Gasteiger partial charge in [-0.25, -0.2) is 13.2 Å². The number of nitrogens with zero attached hydrogens (tertiary/aromatic N) is 5. The van der Waals surface area contributed by atoms with Crippen LogP contribution >= 0.6 is 12.4 Å². The molecule has 1 aromatic heterocycles. The molecule has 0 unspecified atom stereocenters. The third-order valence-electron chi connectivity index (χ3n) is 5.47. The summed E-state index contributed by atoms with van der Waals surface area (Å²) in [5.41, 5.74) is 5.70. The Kier molecular flexibility index (Phi) is 8.76. The molecule has 0 bridgehead atoms. The minimum absolute atomic E-state index is 0. The number of amides is 2. The van der Waals surface area contributed by atoms with E-state index in [1.54, 1.807) is 0 Å². The molecule has 2 aromatic rings. The van der Waals surface area contributed by atoms with Crippen LogP contribution in [-0.2, 0) is 28.7 Å². The summed E-state index contributed by atoms with van der Waals surface area (Å²) in [6.45, 7) is -0.437. The van der Waals surface area contributed by atoms with Gasteiger partial charge in [-0.05, 0) is 18.1 Å². The lowest BCUT2D eigenvalue weighted by Gasteiger charge is -2.36. The van der Waals surface area contributed by atoms with Gasteiger partial charge in [0.2, 0.25) is 17.6 Å². The molecular formula is C20H23ClF6N6O2. The van der Waals surface area contributed by atoms with Crippen LogP contribution < -0.4 is 5.73 Å². The summed E-state index contributed by atoms with van der Waals surface area (Å²) < 4.78 is 81.1. The number of alkyl halides is 3. The number of fused-ring (bicyclic) bond motifs is 1. The van der Waals surface area contributed by atoms with E-state index in [0.29, 0.717) is 12.1 Å². The van der Waals surface area contributed by atoms with Crippen LogP contribution in [-0.4, -0.2) is 63.1 Å². The fourth-order valence-corrected chi connectivity index (χ4v) is 3.76. The van der Waals surface area contributed by atoms with Crippen LogP contribution in [0.4, 0.5) is 26.3 Å². The van der Waals surface area contributed by atoms with E-state index in [2.05, 4.69) is 10.2 Å². The average molecular weight is 529 g/mol. The maximum absolute atomic E-state index is 13.9. The standard InChI is InChI=1S/C20H22F6N6O2.ClH/c1-30(2)16(33)9-15-18-28-29-19(20(24,25)26)32(18)4-3-31(15)17(34)7-11(27)5-10-6-13(22)14(23)8-12(10)21;/h6,8,11,15H,3-5,7,9,27H2,1-2H3;1H/t11-,15+;/m1./s1. The van der Waals surface area contributed by atoms with E-state index in [9.17, 15) is 35.9 Å². The number of aromatic nitrogens is 3. The zero-order valence-electron chi connectivity index (χ0n) is 18.7. The Hall–Kier alpha value is -2.87. The van der Waals surface area contributed by atoms with Crippen LogP contribution in [0.2, 0.25) is 0 Å². The zero-order chi connectivity index (χ0) is 25.4. The highest BCUT2D eigenvalue weighted by atomic mass is 35.5. The lowest BCUT2D eigenvalue weighted by atomic mass is 10.0. The molecule has 2 N–H and O–H groups in total. The molecule has 2 atom stereocenters. The molecule has 0 radical (unpaired) electrons. The lowest BCUT2D eigenvalue weighted by Crippen LogP contribution is -2.46. The van der Waals surface area contributed by atoms with Crippen molar-refractivity contribution in [2.24, 2.45) is 5.73 Å². The normalized spacial score (nSPS) is 16.4. The molecule has 2 amide bonds. The van der Waals surface area contributed by atoms with Crippen molar-refractivity contribution in [2.75, 3.05) is 20.6 Å². The van der Waals surface area contributed by atoms with Crippen molar-refractivity contribution >= 4 is 24.2 Å². The molecular weight excluding hydrogens is 506 g/mol. The Morgan fingerprint density at radius 3 is 2.34 bits per heavy atom. The first-order valence-corrected chi connectivity index (χ1v) is 10.2. The van der Waals surface area contributed by atoms with E-state index in [0.717, 1.165) is 4.57 Å². The SMILES string of the molecule is CN(C)C(=O)C[C@H]1c2nnc(C(F)(F)F)n2CCN1C(=O)C[C@H](N)Cc1cc(F)c(F)cc1F.Cl. The van der Waals surface area contributed by atoms with Crippen molar-refractivity contribution < 1.29 is 35.9 Å². The number of rotatable bonds is 6. The van der Waals surface area contributed by atoms with Gasteiger partial charge in [0, 0.05) is 45.7 Å². The van der Waals surface area contributed by atoms with Gasteiger partial charge in [-0.1, -0.05) is 0 Å². The second kappa shape index (κ2) is 10.8. The third-order valence-corrected chi connectivity index (χ3v) is 5.47. The van der Waals surface area contributed by atoms with Crippen LogP contribution in [0.1, 0.15) is 36.1 Å². The molecule has 194 valence electrons. The number of carbonyl (C=O) groups excluding carboxylic acids is 2. The highest BCUT2D eigenvalue weighted by Gasteiger charge is 2.43. The quantitative estimate of drug-likeness (QED) is 0.459. The topological polar surface area (TPSA) is 97.4 Å². The second-order valence-corrected chi connectivity index (χ2v) is 8.15. The van der Waals surface area contributed by atoms with E-state index in [1.807, 2.05) is 0 Å². The number of benzene rings is 1. The van der Waals surface area contributed by atoms with Crippen molar-refractivity contribution in [1.82, 2.24) is 24.6 Å². The summed E-state index contributed by atoms with van der Waals surface area (Å²) in [6.07, 6.45) is -5.80. The zero-order valence-corrected chi connectivity index (χ0v) is 19.5. The van der Waals surface area contributed by atoms with Crippen LogP contribution in [0.25, 0.3) is 0 Å². The summed E-state index contributed by atoms with van der Waals surface area (Å²) >= 11 is 0. The third kappa shape index (κ3) is 6.23.